The molecule has 0 aliphatic heterocycles. The molecule has 1 aromatic carbocycles. The summed E-state index contributed by atoms with van der Waals surface area (Å²) in [4.78, 5) is 25.8. The van der Waals surface area contributed by atoms with Crippen LogP contribution in [0.4, 0.5) is 0 Å². The van der Waals surface area contributed by atoms with Crippen LogP contribution in [0.3, 0.4) is 0 Å². The Bertz CT molecular complexity index is 694. The van der Waals surface area contributed by atoms with Crippen LogP contribution in [-0.2, 0) is 0 Å². The number of hydrogen-bond acceptors (Lipinski definition) is 2. The molecular weight excluding hydrogens is 244 g/mol. The van der Waals surface area contributed by atoms with E-state index in [2.05, 4.69) is 4.98 Å². The number of carboxylic acid groups (broad SMARTS) is 1. The van der Waals surface area contributed by atoms with Gasteiger partial charge in [0.05, 0.1) is 16.6 Å². The summed E-state index contributed by atoms with van der Waals surface area (Å²) in [7, 11) is 0. The lowest BCUT2D eigenvalue weighted by atomic mass is 10.1. The summed E-state index contributed by atoms with van der Waals surface area (Å²) in [6.07, 6.45) is 3.45. The highest BCUT2D eigenvalue weighted by molar-refractivity contribution is 5.92. The maximum absolute atomic E-state index is 12.0. The van der Waals surface area contributed by atoms with Crippen molar-refractivity contribution in [1.82, 2.24) is 9.55 Å². The number of nitrogens with one attached hydrogen (secondary N) is 1. The lowest BCUT2D eigenvalue weighted by Crippen LogP contribution is -2.20. The maximum atomic E-state index is 12.0. The molecule has 1 aromatic heterocycles. The topological polar surface area (TPSA) is 75.1 Å². The SMILES string of the molecule is CC(CC1CC1)n1c(=O)[nH]c2ccc(C(=O)O)cc21. The predicted octanol–water partition coefficient (Wildman–Crippen LogP) is 2.39. The Morgan fingerprint density at radius 1 is 1.53 bits per heavy atom. The number of H-pyrrole nitrogens is 1. The normalized spacial score (nSPS) is 16.7. The van der Waals surface area contributed by atoms with Crippen molar-refractivity contribution < 1.29 is 9.90 Å². The number of rotatable bonds is 4. The lowest BCUT2D eigenvalue weighted by Gasteiger charge is -2.13. The lowest BCUT2D eigenvalue weighted by molar-refractivity contribution is 0.0697. The van der Waals surface area contributed by atoms with Gasteiger partial charge in [-0.1, -0.05) is 12.8 Å². The summed E-state index contributed by atoms with van der Waals surface area (Å²) < 4.78 is 1.68. The molecular formula is C14H16N2O3. The van der Waals surface area contributed by atoms with Gasteiger partial charge >= 0.3 is 11.7 Å². The van der Waals surface area contributed by atoms with Crippen LogP contribution in [0.25, 0.3) is 11.0 Å². The molecule has 1 fully saturated rings. The fraction of sp³-hybridized carbons (Fsp3) is 0.429. The van der Waals surface area contributed by atoms with E-state index >= 15 is 0 Å². The molecule has 100 valence electrons. The molecule has 1 aliphatic rings. The zero-order valence-corrected chi connectivity index (χ0v) is 10.7. The number of carbonyl (C=O) groups is 1. The number of fused-ring (bicyclic) bond motifs is 1. The van der Waals surface area contributed by atoms with Crippen molar-refractivity contribution >= 4 is 17.0 Å². The highest BCUT2D eigenvalue weighted by Gasteiger charge is 2.25. The molecule has 0 amide bonds. The van der Waals surface area contributed by atoms with E-state index in [4.69, 9.17) is 5.11 Å². The van der Waals surface area contributed by atoms with E-state index in [1.807, 2.05) is 6.92 Å². The van der Waals surface area contributed by atoms with Gasteiger partial charge in [-0.25, -0.2) is 9.59 Å². The zero-order chi connectivity index (χ0) is 13.6. The van der Waals surface area contributed by atoms with Gasteiger partial charge in [0, 0.05) is 6.04 Å². The third-order valence-electron chi connectivity index (χ3n) is 3.78. The van der Waals surface area contributed by atoms with Crippen LogP contribution < -0.4 is 5.69 Å². The van der Waals surface area contributed by atoms with Crippen molar-refractivity contribution in [3.8, 4) is 0 Å². The Morgan fingerprint density at radius 2 is 2.26 bits per heavy atom. The van der Waals surface area contributed by atoms with Crippen LogP contribution >= 0.6 is 0 Å². The van der Waals surface area contributed by atoms with Crippen LogP contribution in [0.2, 0.25) is 0 Å². The summed E-state index contributed by atoms with van der Waals surface area (Å²) in [5.74, 6) is -0.258. The molecule has 5 heteroatoms. The zero-order valence-electron chi connectivity index (χ0n) is 10.7. The molecule has 1 unspecified atom stereocenters. The summed E-state index contributed by atoms with van der Waals surface area (Å²) in [5, 5.41) is 9.04. The van der Waals surface area contributed by atoms with E-state index in [0.717, 1.165) is 12.3 Å². The van der Waals surface area contributed by atoms with Crippen molar-refractivity contribution in [2.45, 2.75) is 32.2 Å². The Hall–Kier alpha value is -2.04. The van der Waals surface area contributed by atoms with Gasteiger partial charge in [-0.05, 0) is 37.5 Å². The molecule has 19 heavy (non-hydrogen) atoms. The quantitative estimate of drug-likeness (QED) is 0.886. The first-order valence-corrected chi connectivity index (χ1v) is 6.54. The van der Waals surface area contributed by atoms with E-state index in [0.29, 0.717) is 11.0 Å². The maximum Gasteiger partial charge on any atom is 0.335 e. The Balaban J connectivity index is 2.10. The third-order valence-corrected chi connectivity index (χ3v) is 3.78. The van der Waals surface area contributed by atoms with Gasteiger partial charge in [0.2, 0.25) is 0 Å². The van der Waals surface area contributed by atoms with Gasteiger partial charge in [-0.15, -0.1) is 0 Å². The minimum absolute atomic E-state index is 0.0952. The molecule has 0 saturated heterocycles. The van der Waals surface area contributed by atoms with Gasteiger partial charge in [-0.3, -0.25) is 4.57 Å². The standard InChI is InChI=1S/C14H16N2O3/c1-8(6-9-2-3-9)16-12-7-10(13(17)18)4-5-11(12)15-14(16)19/h4-5,7-9H,2-3,6H2,1H3,(H,15,19)(H,17,18). The molecule has 2 N–H and O–H groups in total. The molecule has 0 spiro atoms. The highest BCUT2D eigenvalue weighted by atomic mass is 16.4. The number of nitrogens with zero attached hydrogens (tertiary/aromatic N) is 1. The summed E-state index contributed by atoms with van der Waals surface area (Å²) in [5.41, 5.74) is 1.42. The van der Waals surface area contributed by atoms with Gasteiger partial charge in [0.1, 0.15) is 0 Å². The smallest absolute Gasteiger partial charge is 0.335 e. The molecule has 2 aromatic rings. The summed E-state index contributed by atoms with van der Waals surface area (Å²) in [6, 6.07) is 4.83. The molecule has 0 radical (unpaired) electrons. The van der Waals surface area contributed by atoms with Crippen molar-refractivity contribution in [2.75, 3.05) is 0 Å². The minimum atomic E-state index is -0.975. The van der Waals surface area contributed by atoms with E-state index < -0.39 is 5.97 Å². The molecule has 1 aliphatic carbocycles. The largest absolute Gasteiger partial charge is 0.478 e. The molecule has 1 heterocycles. The first kappa shape index (κ1) is 12.0. The predicted molar refractivity (Wildman–Crippen MR) is 71.6 cm³/mol. The molecule has 5 nitrogen and oxygen atoms in total. The number of hydrogen-bond donors (Lipinski definition) is 2. The summed E-state index contributed by atoms with van der Waals surface area (Å²) >= 11 is 0. The van der Waals surface area contributed by atoms with Crippen LogP contribution in [0.15, 0.2) is 23.0 Å². The summed E-state index contributed by atoms with van der Waals surface area (Å²) in [6.45, 7) is 2.01. The number of carboxylic acids is 1. The molecule has 0 bridgehead atoms. The number of aromatic amines is 1. The average Bonchev–Trinajstić information content (AvgIpc) is 3.08. The molecule has 3 rings (SSSR count). The van der Waals surface area contributed by atoms with Crippen molar-refractivity contribution in [2.24, 2.45) is 5.92 Å². The Morgan fingerprint density at radius 3 is 2.89 bits per heavy atom. The van der Waals surface area contributed by atoms with E-state index in [-0.39, 0.29) is 17.3 Å². The van der Waals surface area contributed by atoms with E-state index in [1.54, 1.807) is 16.7 Å². The Labute approximate surface area is 109 Å². The van der Waals surface area contributed by atoms with Crippen molar-refractivity contribution in [3.63, 3.8) is 0 Å². The van der Waals surface area contributed by atoms with Crippen molar-refractivity contribution in [3.05, 3.63) is 34.2 Å². The van der Waals surface area contributed by atoms with Crippen LogP contribution in [-0.4, -0.2) is 20.6 Å². The van der Waals surface area contributed by atoms with Crippen LogP contribution in [0.1, 0.15) is 42.6 Å². The fourth-order valence-corrected chi connectivity index (χ4v) is 2.63. The molecule has 1 saturated carbocycles. The van der Waals surface area contributed by atoms with Gasteiger partial charge < -0.3 is 10.1 Å². The third kappa shape index (κ3) is 2.16. The second-order valence-electron chi connectivity index (χ2n) is 5.37. The minimum Gasteiger partial charge on any atom is -0.478 e. The first-order valence-electron chi connectivity index (χ1n) is 6.54. The van der Waals surface area contributed by atoms with Crippen LogP contribution in [0, 0.1) is 5.92 Å². The monoisotopic (exact) mass is 260 g/mol. The van der Waals surface area contributed by atoms with Crippen LogP contribution in [0.5, 0.6) is 0 Å². The van der Waals surface area contributed by atoms with E-state index in [9.17, 15) is 9.59 Å². The average molecular weight is 260 g/mol. The number of aromatic carboxylic acids is 1. The van der Waals surface area contributed by atoms with Gasteiger partial charge in [-0.2, -0.15) is 0 Å². The molecule has 1 atom stereocenters. The van der Waals surface area contributed by atoms with Gasteiger partial charge in [0.15, 0.2) is 0 Å². The Kier molecular flexibility index (Phi) is 2.69. The van der Waals surface area contributed by atoms with Gasteiger partial charge in [0.25, 0.3) is 0 Å². The van der Waals surface area contributed by atoms with E-state index in [1.165, 1.54) is 18.9 Å². The second kappa shape index (κ2) is 4.26. The number of aromatic nitrogens is 2. The number of imidazole rings is 1. The fourth-order valence-electron chi connectivity index (χ4n) is 2.63. The highest BCUT2D eigenvalue weighted by Crippen LogP contribution is 2.36. The number of benzene rings is 1. The second-order valence-corrected chi connectivity index (χ2v) is 5.37. The van der Waals surface area contributed by atoms with Crippen molar-refractivity contribution in [1.29, 1.82) is 0 Å². The first-order chi connectivity index (χ1) is 9.06.